The molecule has 1 N–H and O–H groups in total. The summed E-state index contributed by atoms with van der Waals surface area (Å²) in [7, 11) is 0.619. The number of nitrogens with zero attached hydrogens (tertiary/aromatic N) is 3. The number of carbonyl (C=O) groups excluding carboxylic acids is 1. The van der Waals surface area contributed by atoms with Crippen LogP contribution in [0.5, 0.6) is 17.2 Å². The van der Waals surface area contributed by atoms with Gasteiger partial charge in [-0.1, -0.05) is 30.4 Å². The van der Waals surface area contributed by atoms with E-state index in [1.165, 1.54) is 24.6 Å². The molecule has 0 radical (unpaired) electrons. The minimum absolute atomic E-state index is 0.0638. The number of rotatable bonds is 10. The summed E-state index contributed by atoms with van der Waals surface area (Å²) in [5.41, 5.74) is 1.09. The van der Waals surface area contributed by atoms with Crippen molar-refractivity contribution < 1.29 is 27.4 Å². The molecule has 1 heterocycles. The predicted molar refractivity (Wildman–Crippen MR) is 124 cm³/mol. The Morgan fingerprint density at radius 1 is 1.00 bits per heavy atom. The summed E-state index contributed by atoms with van der Waals surface area (Å²) in [6.45, 7) is 2.14. The molecule has 0 unspecified atom stereocenters. The number of methoxy groups -OCH3 is 3. The summed E-state index contributed by atoms with van der Waals surface area (Å²) in [6.07, 6.45) is 0. The Kier molecular flexibility index (Phi) is 7.84. The first-order chi connectivity index (χ1) is 15.8. The van der Waals surface area contributed by atoms with E-state index in [1.807, 2.05) is 0 Å². The number of nitrogens with one attached hydrogen (secondary N) is 1. The lowest BCUT2D eigenvalue weighted by Gasteiger charge is -2.18. The topological polar surface area (TPSA) is 120 Å². The van der Waals surface area contributed by atoms with Gasteiger partial charge in [0.1, 0.15) is 5.75 Å². The molecule has 0 aliphatic heterocycles. The van der Waals surface area contributed by atoms with Crippen LogP contribution in [0.15, 0.2) is 46.8 Å². The molecule has 0 fully saturated rings. The van der Waals surface area contributed by atoms with Crippen molar-refractivity contribution in [3.8, 4) is 17.2 Å². The highest BCUT2D eigenvalue weighted by molar-refractivity contribution is 7.91. The van der Waals surface area contributed by atoms with Crippen LogP contribution in [0.2, 0.25) is 0 Å². The fourth-order valence-corrected chi connectivity index (χ4v) is 5.39. The number of hydrogen-bond acceptors (Lipinski definition) is 9. The van der Waals surface area contributed by atoms with Gasteiger partial charge in [0.2, 0.25) is 9.47 Å². The van der Waals surface area contributed by atoms with Crippen molar-refractivity contribution >= 4 is 32.4 Å². The van der Waals surface area contributed by atoms with Gasteiger partial charge in [-0.15, -0.1) is 10.2 Å². The molecule has 1 amide bonds. The molecule has 3 rings (SSSR count). The van der Waals surface area contributed by atoms with E-state index in [4.69, 9.17) is 14.2 Å². The normalized spacial score (nSPS) is 11.3. The van der Waals surface area contributed by atoms with Crippen LogP contribution in [0.3, 0.4) is 0 Å². The SMILES string of the molecule is CCN(Cc1ccc(OC)cc1)S(=O)(=O)c1nnc(NC(=O)c2ccc(OC)c(OC)c2)s1. The van der Waals surface area contributed by atoms with Gasteiger partial charge < -0.3 is 14.2 Å². The number of amides is 1. The zero-order valence-electron chi connectivity index (χ0n) is 18.6. The molecular formula is C21H24N4O6S2. The molecular weight excluding hydrogens is 468 g/mol. The Morgan fingerprint density at radius 2 is 1.70 bits per heavy atom. The highest BCUT2D eigenvalue weighted by Crippen LogP contribution is 2.29. The van der Waals surface area contributed by atoms with Crippen molar-refractivity contribution in [1.82, 2.24) is 14.5 Å². The van der Waals surface area contributed by atoms with Gasteiger partial charge in [-0.2, -0.15) is 4.31 Å². The second kappa shape index (κ2) is 10.6. The number of sulfonamides is 1. The highest BCUT2D eigenvalue weighted by Gasteiger charge is 2.28. The van der Waals surface area contributed by atoms with E-state index in [1.54, 1.807) is 50.4 Å². The quantitative estimate of drug-likeness (QED) is 0.429. The molecule has 176 valence electrons. The van der Waals surface area contributed by atoms with Crippen molar-refractivity contribution in [2.24, 2.45) is 0 Å². The van der Waals surface area contributed by atoms with Crippen LogP contribution in [0, 0.1) is 0 Å². The smallest absolute Gasteiger partial charge is 0.272 e. The van der Waals surface area contributed by atoms with Crippen LogP contribution in [0.1, 0.15) is 22.8 Å². The number of aromatic nitrogens is 2. The van der Waals surface area contributed by atoms with Gasteiger partial charge in [-0.3, -0.25) is 10.1 Å². The molecule has 10 nitrogen and oxygen atoms in total. The zero-order valence-corrected chi connectivity index (χ0v) is 20.2. The molecule has 33 heavy (non-hydrogen) atoms. The molecule has 12 heteroatoms. The van der Waals surface area contributed by atoms with Crippen molar-refractivity contribution in [3.63, 3.8) is 0 Å². The Balaban J connectivity index is 1.75. The second-order valence-electron chi connectivity index (χ2n) is 6.68. The Morgan fingerprint density at radius 3 is 2.30 bits per heavy atom. The van der Waals surface area contributed by atoms with Gasteiger partial charge in [0.05, 0.1) is 21.3 Å². The minimum atomic E-state index is -3.91. The van der Waals surface area contributed by atoms with Gasteiger partial charge >= 0.3 is 0 Å². The van der Waals surface area contributed by atoms with E-state index in [-0.39, 0.29) is 22.6 Å². The molecule has 2 aromatic carbocycles. The maximum Gasteiger partial charge on any atom is 0.272 e. The van der Waals surface area contributed by atoms with Crippen molar-refractivity contribution in [2.75, 3.05) is 33.2 Å². The molecule has 0 aliphatic carbocycles. The van der Waals surface area contributed by atoms with Gasteiger partial charge in [0.15, 0.2) is 11.5 Å². The molecule has 0 atom stereocenters. The fourth-order valence-electron chi connectivity index (χ4n) is 2.92. The van der Waals surface area contributed by atoms with Gasteiger partial charge in [0.25, 0.3) is 15.9 Å². The largest absolute Gasteiger partial charge is 0.497 e. The number of benzene rings is 2. The lowest BCUT2D eigenvalue weighted by molar-refractivity contribution is 0.102. The lowest BCUT2D eigenvalue weighted by Crippen LogP contribution is -2.30. The van der Waals surface area contributed by atoms with Gasteiger partial charge in [0, 0.05) is 18.7 Å². The summed E-state index contributed by atoms with van der Waals surface area (Å²) in [5.74, 6) is 1.07. The van der Waals surface area contributed by atoms with Crippen LogP contribution < -0.4 is 19.5 Å². The third-order valence-electron chi connectivity index (χ3n) is 4.70. The highest BCUT2D eigenvalue weighted by atomic mass is 32.2. The van der Waals surface area contributed by atoms with Crippen LogP contribution in [0.25, 0.3) is 0 Å². The number of carbonyl (C=O) groups is 1. The van der Waals surface area contributed by atoms with E-state index in [0.717, 1.165) is 16.9 Å². The fraction of sp³-hybridized carbons (Fsp3) is 0.286. The lowest BCUT2D eigenvalue weighted by atomic mass is 10.2. The maximum absolute atomic E-state index is 13.1. The third-order valence-corrected chi connectivity index (χ3v) is 7.81. The van der Waals surface area contributed by atoms with E-state index >= 15 is 0 Å². The first-order valence-corrected chi connectivity index (χ1v) is 12.1. The maximum atomic E-state index is 13.1. The van der Waals surface area contributed by atoms with Crippen molar-refractivity contribution in [2.45, 2.75) is 17.8 Å². The molecule has 0 spiro atoms. The van der Waals surface area contributed by atoms with Crippen molar-refractivity contribution in [3.05, 3.63) is 53.6 Å². The minimum Gasteiger partial charge on any atom is -0.497 e. The number of anilines is 1. The van der Waals surface area contributed by atoms with E-state index < -0.39 is 15.9 Å². The summed E-state index contributed by atoms with van der Waals surface area (Å²) >= 11 is 0.781. The van der Waals surface area contributed by atoms with Crippen LogP contribution in [-0.2, 0) is 16.6 Å². The number of hydrogen-bond donors (Lipinski definition) is 1. The predicted octanol–water partition coefficient (Wildman–Crippen LogP) is 3.03. The molecule has 3 aromatic rings. The third kappa shape index (κ3) is 5.59. The standard InChI is InChI=1S/C21H24N4O6S2/c1-5-25(13-14-6-9-16(29-2)10-7-14)33(27,28)21-24-23-20(32-21)22-19(26)15-8-11-17(30-3)18(12-15)31-4/h6-12H,5,13H2,1-4H3,(H,22,23,26). The van der Waals surface area contributed by atoms with Crippen LogP contribution in [0.4, 0.5) is 5.13 Å². The van der Waals surface area contributed by atoms with Gasteiger partial charge in [-0.25, -0.2) is 8.42 Å². The Hall–Kier alpha value is -3.22. The summed E-state index contributed by atoms with van der Waals surface area (Å²) < 4.78 is 42.7. The first kappa shape index (κ1) is 24.4. The van der Waals surface area contributed by atoms with Crippen molar-refractivity contribution in [1.29, 1.82) is 0 Å². The van der Waals surface area contributed by atoms with E-state index in [0.29, 0.717) is 22.8 Å². The molecule has 0 saturated heterocycles. The second-order valence-corrected chi connectivity index (χ2v) is 9.77. The van der Waals surface area contributed by atoms with Crippen LogP contribution in [-0.4, -0.2) is 56.7 Å². The summed E-state index contributed by atoms with van der Waals surface area (Å²) in [5, 5.41) is 10.3. The first-order valence-electron chi connectivity index (χ1n) is 9.82. The Bertz CT molecular complexity index is 1210. The number of ether oxygens (including phenoxy) is 3. The molecule has 1 aromatic heterocycles. The van der Waals surface area contributed by atoms with Gasteiger partial charge in [-0.05, 0) is 35.9 Å². The summed E-state index contributed by atoms with van der Waals surface area (Å²) in [6, 6.07) is 11.8. The molecule has 0 saturated carbocycles. The summed E-state index contributed by atoms with van der Waals surface area (Å²) in [4.78, 5) is 12.6. The molecule has 0 bridgehead atoms. The zero-order chi connectivity index (χ0) is 24.0. The Labute approximate surface area is 196 Å². The average molecular weight is 493 g/mol. The molecule has 0 aliphatic rings. The van der Waals surface area contributed by atoms with E-state index in [2.05, 4.69) is 15.5 Å². The van der Waals surface area contributed by atoms with E-state index in [9.17, 15) is 13.2 Å². The average Bonchev–Trinajstić information content (AvgIpc) is 3.31. The van der Waals surface area contributed by atoms with Crippen LogP contribution >= 0.6 is 11.3 Å². The monoisotopic (exact) mass is 492 g/mol.